The number of benzene rings is 1. The molecule has 0 aliphatic heterocycles. The lowest BCUT2D eigenvalue weighted by atomic mass is 9.89. The summed E-state index contributed by atoms with van der Waals surface area (Å²) in [6.45, 7) is 0.811. The Balaban J connectivity index is 1.92. The Morgan fingerprint density at radius 1 is 1.22 bits per heavy atom. The lowest BCUT2D eigenvalue weighted by Gasteiger charge is -2.24. The standard InChI is InChI=1S/C15H21NO2/c17-15(18)14(13-9-5-2-6-10-13)16-11-12-7-3-1-4-8-12/h2,5-6,9-10,12,14,16H,1,3-4,7-8,11H2,(H,17,18)/t14-/m1/s1. The fourth-order valence-corrected chi connectivity index (χ4v) is 2.67. The van der Waals surface area contributed by atoms with E-state index in [4.69, 9.17) is 0 Å². The molecule has 2 N–H and O–H groups in total. The predicted octanol–water partition coefficient (Wildman–Crippen LogP) is 2.98. The SMILES string of the molecule is O=C(O)[C@H](NCC1CCCCC1)c1ccccc1. The number of carboxylic acid groups (broad SMARTS) is 1. The first-order chi connectivity index (χ1) is 8.77. The molecule has 3 heteroatoms. The lowest BCUT2D eigenvalue weighted by Crippen LogP contribution is -2.33. The van der Waals surface area contributed by atoms with Crippen molar-refractivity contribution < 1.29 is 9.90 Å². The Morgan fingerprint density at radius 2 is 1.89 bits per heavy atom. The van der Waals surface area contributed by atoms with E-state index < -0.39 is 12.0 Å². The number of nitrogens with one attached hydrogen (secondary N) is 1. The molecule has 1 atom stereocenters. The molecule has 1 aromatic rings. The van der Waals surface area contributed by atoms with Crippen LogP contribution in [0.5, 0.6) is 0 Å². The van der Waals surface area contributed by atoms with Crippen LogP contribution in [-0.4, -0.2) is 17.6 Å². The maximum Gasteiger partial charge on any atom is 0.325 e. The topological polar surface area (TPSA) is 49.3 Å². The van der Waals surface area contributed by atoms with E-state index in [1.165, 1.54) is 32.1 Å². The molecule has 0 radical (unpaired) electrons. The van der Waals surface area contributed by atoms with Crippen molar-refractivity contribution in [3.05, 3.63) is 35.9 Å². The Bertz CT molecular complexity index is 371. The van der Waals surface area contributed by atoms with Crippen molar-refractivity contribution in [1.29, 1.82) is 0 Å². The molecule has 0 unspecified atom stereocenters. The van der Waals surface area contributed by atoms with Gasteiger partial charge in [0.1, 0.15) is 6.04 Å². The summed E-state index contributed by atoms with van der Waals surface area (Å²) in [5.74, 6) is -0.152. The highest BCUT2D eigenvalue weighted by atomic mass is 16.4. The van der Waals surface area contributed by atoms with E-state index in [9.17, 15) is 9.90 Å². The zero-order valence-corrected chi connectivity index (χ0v) is 10.6. The highest BCUT2D eigenvalue weighted by Crippen LogP contribution is 2.24. The third-order valence-corrected chi connectivity index (χ3v) is 3.72. The van der Waals surface area contributed by atoms with Crippen LogP contribution in [0.25, 0.3) is 0 Å². The highest BCUT2D eigenvalue weighted by Gasteiger charge is 2.21. The zero-order valence-electron chi connectivity index (χ0n) is 10.6. The summed E-state index contributed by atoms with van der Waals surface area (Å²) in [5.41, 5.74) is 0.834. The first kappa shape index (κ1) is 13.1. The van der Waals surface area contributed by atoms with Gasteiger partial charge < -0.3 is 10.4 Å². The minimum Gasteiger partial charge on any atom is -0.480 e. The molecule has 0 saturated heterocycles. The first-order valence-electron chi connectivity index (χ1n) is 6.78. The van der Waals surface area contributed by atoms with Gasteiger partial charge >= 0.3 is 5.97 Å². The largest absolute Gasteiger partial charge is 0.480 e. The summed E-state index contributed by atoms with van der Waals surface area (Å²) in [5, 5.41) is 12.5. The van der Waals surface area contributed by atoms with Crippen LogP contribution < -0.4 is 5.32 Å². The predicted molar refractivity (Wildman–Crippen MR) is 71.4 cm³/mol. The molecule has 1 saturated carbocycles. The second kappa shape index (κ2) is 6.55. The van der Waals surface area contributed by atoms with E-state index in [1.807, 2.05) is 30.3 Å². The molecule has 2 rings (SSSR count). The Labute approximate surface area is 108 Å². The van der Waals surface area contributed by atoms with E-state index in [0.29, 0.717) is 5.92 Å². The molecule has 0 spiro atoms. The van der Waals surface area contributed by atoms with Gasteiger partial charge in [0.25, 0.3) is 0 Å². The average Bonchev–Trinajstić information content (AvgIpc) is 2.41. The van der Waals surface area contributed by atoms with Gasteiger partial charge in [-0.15, -0.1) is 0 Å². The number of carbonyl (C=O) groups is 1. The van der Waals surface area contributed by atoms with Crippen LogP contribution in [0.2, 0.25) is 0 Å². The van der Waals surface area contributed by atoms with Gasteiger partial charge in [0.05, 0.1) is 0 Å². The molecule has 1 aliphatic carbocycles. The molecular weight excluding hydrogens is 226 g/mol. The summed E-state index contributed by atoms with van der Waals surface area (Å²) in [6.07, 6.45) is 6.37. The van der Waals surface area contributed by atoms with Gasteiger partial charge in [0.15, 0.2) is 0 Å². The second-order valence-electron chi connectivity index (χ2n) is 5.09. The Kier molecular flexibility index (Phi) is 4.76. The number of aliphatic carboxylic acids is 1. The van der Waals surface area contributed by atoms with Crippen molar-refractivity contribution in [2.45, 2.75) is 38.1 Å². The summed E-state index contributed by atoms with van der Waals surface area (Å²) >= 11 is 0. The molecule has 0 aromatic heterocycles. The van der Waals surface area contributed by atoms with Gasteiger partial charge in [0.2, 0.25) is 0 Å². The van der Waals surface area contributed by atoms with Crippen LogP contribution in [0.4, 0.5) is 0 Å². The molecule has 1 aromatic carbocycles. The molecule has 0 amide bonds. The number of hydrogen-bond acceptors (Lipinski definition) is 2. The van der Waals surface area contributed by atoms with Crippen LogP contribution in [0.15, 0.2) is 30.3 Å². The third kappa shape index (κ3) is 3.57. The molecule has 0 bridgehead atoms. The van der Waals surface area contributed by atoms with Crippen LogP contribution >= 0.6 is 0 Å². The normalized spacial score (nSPS) is 18.4. The number of rotatable bonds is 5. The van der Waals surface area contributed by atoms with E-state index in [2.05, 4.69) is 5.32 Å². The lowest BCUT2D eigenvalue weighted by molar-refractivity contribution is -0.139. The van der Waals surface area contributed by atoms with Gasteiger partial charge in [0, 0.05) is 0 Å². The van der Waals surface area contributed by atoms with E-state index >= 15 is 0 Å². The summed E-state index contributed by atoms with van der Waals surface area (Å²) < 4.78 is 0. The van der Waals surface area contributed by atoms with Crippen LogP contribution in [0.3, 0.4) is 0 Å². The fourth-order valence-electron chi connectivity index (χ4n) is 2.67. The van der Waals surface area contributed by atoms with Crippen LogP contribution in [0, 0.1) is 5.92 Å². The molecule has 98 valence electrons. The maximum absolute atomic E-state index is 11.3. The van der Waals surface area contributed by atoms with Crippen molar-refractivity contribution in [2.75, 3.05) is 6.54 Å². The van der Waals surface area contributed by atoms with Crippen LogP contribution in [-0.2, 0) is 4.79 Å². The van der Waals surface area contributed by atoms with Crippen molar-refractivity contribution in [2.24, 2.45) is 5.92 Å². The Morgan fingerprint density at radius 3 is 2.50 bits per heavy atom. The molecule has 3 nitrogen and oxygen atoms in total. The highest BCUT2D eigenvalue weighted by molar-refractivity contribution is 5.75. The van der Waals surface area contributed by atoms with Crippen molar-refractivity contribution >= 4 is 5.97 Å². The first-order valence-corrected chi connectivity index (χ1v) is 6.78. The summed E-state index contributed by atoms with van der Waals surface area (Å²) in [6, 6.07) is 8.83. The minimum atomic E-state index is -0.794. The monoisotopic (exact) mass is 247 g/mol. The van der Waals surface area contributed by atoms with Gasteiger partial charge in [-0.2, -0.15) is 0 Å². The summed E-state index contributed by atoms with van der Waals surface area (Å²) in [7, 11) is 0. The van der Waals surface area contributed by atoms with E-state index in [0.717, 1.165) is 12.1 Å². The second-order valence-corrected chi connectivity index (χ2v) is 5.09. The molecular formula is C15H21NO2. The molecule has 1 aliphatic rings. The van der Waals surface area contributed by atoms with Gasteiger partial charge in [-0.25, -0.2) is 0 Å². The zero-order chi connectivity index (χ0) is 12.8. The van der Waals surface area contributed by atoms with Gasteiger partial charge in [-0.05, 0) is 30.9 Å². The van der Waals surface area contributed by atoms with Gasteiger partial charge in [-0.1, -0.05) is 49.6 Å². The van der Waals surface area contributed by atoms with E-state index in [1.54, 1.807) is 0 Å². The third-order valence-electron chi connectivity index (χ3n) is 3.72. The smallest absolute Gasteiger partial charge is 0.325 e. The summed E-state index contributed by atoms with van der Waals surface area (Å²) in [4.78, 5) is 11.3. The average molecular weight is 247 g/mol. The number of hydrogen-bond donors (Lipinski definition) is 2. The molecule has 0 heterocycles. The van der Waals surface area contributed by atoms with Crippen LogP contribution in [0.1, 0.15) is 43.7 Å². The fraction of sp³-hybridized carbons (Fsp3) is 0.533. The van der Waals surface area contributed by atoms with Gasteiger partial charge in [-0.3, -0.25) is 4.79 Å². The maximum atomic E-state index is 11.3. The van der Waals surface area contributed by atoms with E-state index in [-0.39, 0.29) is 0 Å². The quantitative estimate of drug-likeness (QED) is 0.841. The number of carboxylic acids is 1. The van der Waals surface area contributed by atoms with Crippen molar-refractivity contribution in [3.8, 4) is 0 Å². The van der Waals surface area contributed by atoms with Crippen molar-refractivity contribution in [3.63, 3.8) is 0 Å². The molecule has 18 heavy (non-hydrogen) atoms. The molecule has 1 fully saturated rings. The Hall–Kier alpha value is -1.35. The minimum absolute atomic E-state index is 0.576. The van der Waals surface area contributed by atoms with Crippen molar-refractivity contribution in [1.82, 2.24) is 5.32 Å².